The second kappa shape index (κ2) is 10.1. The Balaban J connectivity index is 2.21. The number of thiophene rings is 1. The van der Waals surface area contributed by atoms with E-state index in [1.54, 1.807) is 29.2 Å². The number of alkyl halides is 2. The molecule has 144 valence electrons. The summed E-state index contributed by atoms with van der Waals surface area (Å²) in [6.45, 7) is 1.34. The summed E-state index contributed by atoms with van der Waals surface area (Å²) in [5, 5.41) is 0. The second-order valence-electron chi connectivity index (χ2n) is 5.30. The predicted octanol–water partition coefficient (Wildman–Crippen LogP) is 5.24. The molecule has 0 bridgehead atoms. The molecule has 0 aliphatic rings. The van der Waals surface area contributed by atoms with Gasteiger partial charge in [0.1, 0.15) is 0 Å². The summed E-state index contributed by atoms with van der Waals surface area (Å²) in [7, 11) is 1.35. The lowest BCUT2D eigenvalue weighted by atomic mass is 10.1. The summed E-state index contributed by atoms with van der Waals surface area (Å²) in [5.74, 6) is -0.273. The molecule has 1 heterocycles. The van der Waals surface area contributed by atoms with Crippen molar-refractivity contribution in [3.63, 3.8) is 0 Å². The molecule has 0 radical (unpaired) electrons. The highest BCUT2D eigenvalue weighted by atomic mass is 35.5. The van der Waals surface area contributed by atoms with E-state index in [0.29, 0.717) is 23.0 Å². The van der Waals surface area contributed by atoms with Crippen molar-refractivity contribution in [1.29, 1.82) is 0 Å². The Morgan fingerprint density at radius 3 is 2.74 bits per heavy atom. The van der Waals surface area contributed by atoms with Crippen LogP contribution < -0.4 is 9.47 Å². The smallest absolute Gasteiger partial charge is 0.387 e. The molecule has 2 rings (SSSR count). The van der Waals surface area contributed by atoms with Gasteiger partial charge in [0.15, 0.2) is 11.5 Å². The SMILES string of the molecule is C=CCN(Cc1ccc(Cl)s1)C(=O)/C=C\c1cccc(OC)c1OC(F)F. The molecule has 0 aliphatic heterocycles. The minimum Gasteiger partial charge on any atom is -0.493 e. The van der Waals surface area contributed by atoms with E-state index < -0.39 is 6.61 Å². The normalized spacial score (nSPS) is 11.0. The van der Waals surface area contributed by atoms with Crippen LogP contribution in [0.15, 0.2) is 49.1 Å². The number of benzene rings is 1. The minimum atomic E-state index is -3.01. The molecule has 2 aromatic rings. The van der Waals surface area contributed by atoms with Gasteiger partial charge < -0.3 is 14.4 Å². The molecule has 0 saturated heterocycles. The number of amides is 1. The van der Waals surface area contributed by atoms with Gasteiger partial charge in [-0.1, -0.05) is 29.8 Å². The van der Waals surface area contributed by atoms with Crippen LogP contribution >= 0.6 is 22.9 Å². The van der Waals surface area contributed by atoms with Crippen molar-refractivity contribution in [1.82, 2.24) is 4.90 Å². The van der Waals surface area contributed by atoms with Crippen LogP contribution in [-0.2, 0) is 11.3 Å². The van der Waals surface area contributed by atoms with Gasteiger partial charge >= 0.3 is 6.61 Å². The quantitative estimate of drug-likeness (QED) is 0.417. The number of carbonyl (C=O) groups is 1. The number of methoxy groups -OCH3 is 1. The largest absolute Gasteiger partial charge is 0.493 e. The zero-order valence-corrected chi connectivity index (χ0v) is 16.1. The average molecular weight is 414 g/mol. The Bertz CT molecular complexity index is 823. The summed E-state index contributed by atoms with van der Waals surface area (Å²) in [6, 6.07) is 8.29. The van der Waals surface area contributed by atoms with Crippen LogP contribution in [0, 0.1) is 0 Å². The van der Waals surface area contributed by atoms with E-state index in [-0.39, 0.29) is 17.4 Å². The standard InChI is InChI=1S/C19H18ClF2NO3S/c1-3-11-23(12-14-8-9-16(20)27-14)17(24)10-7-13-5-4-6-15(25-2)18(13)26-19(21)22/h3-10,19H,1,11-12H2,2H3/b10-7-. The molecule has 4 nitrogen and oxygen atoms in total. The molecule has 1 aromatic heterocycles. The first-order valence-corrected chi connectivity index (χ1v) is 9.08. The van der Waals surface area contributed by atoms with Crippen LogP contribution in [0.5, 0.6) is 11.5 Å². The molecule has 27 heavy (non-hydrogen) atoms. The zero-order chi connectivity index (χ0) is 19.8. The zero-order valence-electron chi connectivity index (χ0n) is 14.5. The first-order chi connectivity index (χ1) is 12.9. The van der Waals surface area contributed by atoms with Crippen LogP contribution in [-0.4, -0.2) is 31.1 Å². The fourth-order valence-corrected chi connectivity index (χ4v) is 3.42. The van der Waals surface area contributed by atoms with Crippen LogP contribution in [0.25, 0.3) is 6.08 Å². The van der Waals surface area contributed by atoms with E-state index in [2.05, 4.69) is 11.3 Å². The van der Waals surface area contributed by atoms with E-state index >= 15 is 0 Å². The first kappa shape index (κ1) is 20.9. The average Bonchev–Trinajstić information content (AvgIpc) is 3.04. The van der Waals surface area contributed by atoms with Crippen LogP contribution in [0.1, 0.15) is 10.4 Å². The van der Waals surface area contributed by atoms with Gasteiger partial charge in [-0.3, -0.25) is 4.79 Å². The third kappa shape index (κ3) is 6.08. The molecule has 8 heteroatoms. The molecular formula is C19H18ClF2NO3S. The van der Waals surface area contributed by atoms with Gasteiger partial charge in [-0.25, -0.2) is 0 Å². The molecule has 1 aromatic carbocycles. The van der Waals surface area contributed by atoms with E-state index in [1.165, 1.54) is 36.7 Å². The van der Waals surface area contributed by atoms with Crippen molar-refractivity contribution in [3.8, 4) is 11.5 Å². The van der Waals surface area contributed by atoms with Crippen molar-refractivity contribution in [3.05, 3.63) is 63.8 Å². The van der Waals surface area contributed by atoms with Crippen molar-refractivity contribution in [2.45, 2.75) is 13.2 Å². The second-order valence-corrected chi connectivity index (χ2v) is 7.10. The molecule has 0 atom stereocenters. The fraction of sp³-hybridized carbons (Fsp3) is 0.211. The molecule has 0 aliphatic carbocycles. The van der Waals surface area contributed by atoms with E-state index in [4.69, 9.17) is 16.3 Å². The highest BCUT2D eigenvalue weighted by Crippen LogP contribution is 2.33. The number of carbonyl (C=O) groups excluding carboxylic acids is 1. The Labute approximate surface area is 165 Å². The molecule has 0 unspecified atom stereocenters. The summed E-state index contributed by atoms with van der Waals surface area (Å²) in [5.41, 5.74) is 0.306. The van der Waals surface area contributed by atoms with Gasteiger partial charge in [0.25, 0.3) is 0 Å². The van der Waals surface area contributed by atoms with Gasteiger partial charge in [0.2, 0.25) is 5.91 Å². The van der Waals surface area contributed by atoms with E-state index in [0.717, 1.165) is 4.88 Å². The Hall–Kier alpha value is -2.38. The minimum absolute atomic E-state index is 0.126. The predicted molar refractivity (Wildman–Crippen MR) is 104 cm³/mol. The Morgan fingerprint density at radius 1 is 1.37 bits per heavy atom. The lowest BCUT2D eigenvalue weighted by molar-refractivity contribution is -0.126. The highest BCUT2D eigenvalue weighted by Gasteiger charge is 2.15. The lowest BCUT2D eigenvalue weighted by Crippen LogP contribution is -2.28. The third-order valence-corrected chi connectivity index (χ3v) is 4.69. The molecule has 1 amide bonds. The molecule has 0 fully saturated rings. The van der Waals surface area contributed by atoms with Crippen LogP contribution in [0.2, 0.25) is 4.34 Å². The Kier molecular flexibility index (Phi) is 7.82. The number of halogens is 3. The third-order valence-electron chi connectivity index (χ3n) is 3.48. The number of hydrogen-bond donors (Lipinski definition) is 0. The van der Waals surface area contributed by atoms with E-state index in [1.807, 2.05) is 6.07 Å². The Morgan fingerprint density at radius 2 is 2.15 bits per heavy atom. The van der Waals surface area contributed by atoms with Crippen molar-refractivity contribution < 1.29 is 23.0 Å². The maximum atomic E-state index is 12.7. The molecule has 0 spiro atoms. The van der Waals surface area contributed by atoms with Gasteiger partial charge in [0.05, 0.1) is 18.0 Å². The maximum Gasteiger partial charge on any atom is 0.387 e. The number of hydrogen-bond acceptors (Lipinski definition) is 4. The van der Waals surface area contributed by atoms with Crippen LogP contribution in [0.4, 0.5) is 8.78 Å². The van der Waals surface area contributed by atoms with Gasteiger partial charge in [-0.2, -0.15) is 8.78 Å². The van der Waals surface area contributed by atoms with Crippen LogP contribution in [0.3, 0.4) is 0 Å². The van der Waals surface area contributed by atoms with Gasteiger partial charge in [-0.05, 0) is 24.3 Å². The van der Waals surface area contributed by atoms with Crippen molar-refractivity contribution >= 4 is 34.9 Å². The summed E-state index contributed by atoms with van der Waals surface area (Å²) in [6.07, 6.45) is 4.32. The lowest BCUT2D eigenvalue weighted by Gasteiger charge is -2.18. The van der Waals surface area contributed by atoms with Gasteiger partial charge in [-0.15, -0.1) is 17.9 Å². The fourth-order valence-electron chi connectivity index (χ4n) is 2.32. The molecular weight excluding hydrogens is 396 g/mol. The highest BCUT2D eigenvalue weighted by molar-refractivity contribution is 7.16. The summed E-state index contributed by atoms with van der Waals surface area (Å²) in [4.78, 5) is 15.0. The van der Waals surface area contributed by atoms with E-state index in [9.17, 15) is 13.6 Å². The number of ether oxygens (including phenoxy) is 2. The number of rotatable bonds is 9. The molecule has 0 saturated carbocycles. The topological polar surface area (TPSA) is 38.8 Å². The monoisotopic (exact) mass is 413 g/mol. The van der Waals surface area contributed by atoms with Crippen molar-refractivity contribution in [2.75, 3.05) is 13.7 Å². The van der Waals surface area contributed by atoms with Crippen molar-refractivity contribution in [2.24, 2.45) is 0 Å². The maximum absolute atomic E-state index is 12.7. The summed E-state index contributed by atoms with van der Waals surface area (Å²) < 4.78 is 35.6. The number of para-hydroxylation sites is 1. The summed E-state index contributed by atoms with van der Waals surface area (Å²) >= 11 is 7.30. The number of nitrogens with zero attached hydrogens (tertiary/aromatic N) is 1. The first-order valence-electron chi connectivity index (χ1n) is 7.88. The van der Waals surface area contributed by atoms with Gasteiger partial charge in [0, 0.05) is 23.1 Å². The molecule has 0 N–H and O–H groups in total.